The Morgan fingerprint density at radius 2 is 1.95 bits per heavy atom. The second-order valence-corrected chi connectivity index (χ2v) is 5.76. The lowest BCUT2D eigenvalue weighted by Crippen LogP contribution is -2.43. The van der Waals surface area contributed by atoms with Gasteiger partial charge >= 0.3 is 5.97 Å². The van der Waals surface area contributed by atoms with Crippen molar-refractivity contribution in [3.63, 3.8) is 0 Å². The number of carboxylic acids is 1. The summed E-state index contributed by atoms with van der Waals surface area (Å²) in [5.41, 5.74) is 5.65. The van der Waals surface area contributed by atoms with Gasteiger partial charge in [0.05, 0.1) is 21.7 Å². The molecular weight excluding hydrogens is 280 g/mol. The number of rotatable bonds is 3. The van der Waals surface area contributed by atoms with Crippen molar-refractivity contribution in [2.75, 3.05) is 18.0 Å². The molecule has 1 saturated heterocycles. The van der Waals surface area contributed by atoms with Crippen molar-refractivity contribution >= 4 is 29.2 Å². The predicted molar refractivity (Wildman–Crippen MR) is 77.2 cm³/mol. The first-order valence-corrected chi connectivity index (χ1v) is 6.79. The fourth-order valence-corrected chi connectivity index (χ4v) is 2.74. The van der Waals surface area contributed by atoms with Crippen LogP contribution in [0.1, 0.15) is 30.1 Å². The highest BCUT2D eigenvalue weighted by atomic mass is 35.5. The van der Waals surface area contributed by atoms with Crippen LogP contribution in [0.4, 0.5) is 5.69 Å². The minimum atomic E-state index is -0.779. The average Bonchev–Trinajstić information content (AvgIpc) is 2.38. The maximum atomic E-state index is 11.5. The van der Waals surface area contributed by atoms with Crippen molar-refractivity contribution in [2.24, 2.45) is 11.1 Å². The van der Waals surface area contributed by atoms with Gasteiger partial charge in [-0.05, 0) is 31.9 Å². The van der Waals surface area contributed by atoms with Gasteiger partial charge in [-0.1, -0.05) is 17.7 Å². The largest absolute Gasteiger partial charge is 0.481 e. The molecule has 0 radical (unpaired) electrons. The van der Waals surface area contributed by atoms with Crippen LogP contribution in [0.25, 0.3) is 0 Å². The molecular formula is C14H17ClN2O3. The zero-order chi connectivity index (χ0) is 14.9. The van der Waals surface area contributed by atoms with Crippen molar-refractivity contribution in [1.29, 1.82) is 0 Å². The third-order valence-corrected chi connectivity index (χ3v) is 4.28. The molecule has 1 heterocycles. The number of aliphatic carboxylic acids is 1. The van der Waals surface area contributed by atoms with Crippen LogP contribution < -0.4 is 10.6 Å². The van der Waals surface area contributed by atoms with Gasteiger partial charge in [0.25, 0.3) is 5.91 Å². The summed E-state index contributed by atoms with van der Waals surface area (Å²) in [4.78, 5) is 24.7. The number of primary amides is 1. The number of carbonyl (C=O) groups excluding carboxylic acids is 1. The summed E-state index contributed by atoms with van der Waals surface area (Å²) in [7, 11) is 0. The molecule has 1 aromatic carbocycles. The zero-order valence-electron chi connectivity index (χ0n) is 11.2. The highest BCUT2D eigenvalue weighted by Crippen LogP contribution is 2.35. The Bertz CT molecular complexity index is 551. The van der Waals surface area contributed by atoms with Gasteiger partial charge in [0.2, 0.25) is 0 Å². The number of carbonyl (C=O) groups is 2. The molecule has 0 spiro atoms. The molecule has 3 N–H and O–H groups in total. The van der Waals surface area contributed by atoms with Gasteiger partial charge in [-0.3, -0.25) is 9.59 Å². The quantitative estimate of drug-likeness (QED) is 0.895. The van der Waals surface area contributed by atoms with Gasteiger partial charge < -0.3 is 15.7 Å². The summed E-state index contributed by atoms with van der Waals surface area (Å²) in [6.07, 6.45) is 1.04. The van der Waals surface area contributed by atoms with E-state index in [1.165, 1.54) is 0 Å². The van der Waals surface area contributed by atoms with Crippen LogP contribution in [0.15, 0.2) is 18.2 Å². The summed E-state index contributed by atoms with van der Waals surface area (Å²) in [5.74, 6) is -1.35. The number of nitrogens with zero attached hydrogens (tertiary/aromatic N) is 1. The molecule has 1 aromatic rings. The van der Waals surface area contributed by atoms with E-state index in [4.69, 9.17) is 17.3 Å². The van der Waals surface area contributed by atoms with Crippen LogP contribution in [0.3, 0.4) is 0 Å². The first-order valence-electron chi connectivity index (χ1n) is 6.42. The second kappa shape index (κ2) is 5.32. The van der Waals surface area contributed by atoms with Gasteiger partial charge in [-0.2, -0.15) is 0 Å². The average molecular weight is 297 g/mol. The van der Waals surface area contributed by atoms with E-state index in [0.717, 1.165) is 0 Å². The summed E-state index contributed by atoms with van der Waals surface area (Å²) >= 11 is 6.03. The van der Waals surface area contributed by atoms with E-state index in [-0.39, 0.29) is 0 Å². The highest BCUT2D eigenvalue weighted by molar-refractivity contribution is 6.34. The van der Waals surface area contributed by atoms with Crippen LogP contribution in [0.2, 0.25) is 5.02 Å². The third-order valence-electron chi connectivity index (χ3n) is 3.96. The third kappa shape index (κ3) is 2.58. The van der Waals surface area contributed by atoms with Gasteiger partial charge in [0.1, 0.15) is 0 Å². The number of amides is 1. The van der Waals surface area contributed by atoms with Crippen LogP contribution in [0.5, 0.6) is 0 Å². The number of hydrogen-bond acceptors (Lipinski definition) is 3. The Labute approximate surface area is 122 Å². The predicted octanol–water partition coefficient (Wildman–Crippen LogP) is 2.13. The molecule has 1 aliphatic heterocycles. The molecule has 0 saturated carbocycles. The molecule has 0 aliphatic carbocycles. The number of nitrogens with two attached hydrogens (primary N) is 1. The highest BCUT2D eigenvalue weighted by Gasteiger charge is 2.37. The van der Waals surface area contributed by atoms with Crippen LogP contribution >= 0.6 is 11.6 Å². The smallest absolute Gasteiger partial charge is 0.309 e. The lowest BCUT2D eigenvalue weighted by molar-refractivity contribution is -0.149. The number of piperidine rings is 1. The van der Waals surface area contributed by atoms with Crippen molar-refractivity contribution in [1.82, 2.24) is 0 Å². The normalized spacial score (nSPS) is 17.8. The summed E-state index contributed by atoms with van der Waals surface area (Å²) in [6, 6.07) is 5.17. The molecule has 0 atom stereocenters. The number of halogens is 1. The molecule has 0 bridgehead atoms. The maximum Gasteiger partial charge on any atom is 0.309 e. The number of benzene rings is 1. The van der Waals surface area contributed by atoms with E-state index in [1.54, 1.807) is 25.1 Å². The molecule has 5 nitrogen and oxygen atoms in total. The van der Waals surface area contributed by atoms with Crippen LogP contribution in [-0.2, 0) is 4.79 Å². The first-order chi connectivity index (χ1) is 9.35. The second-order valence-electron chi connectivity index (χ2n) is 5.35. The fourth-order valence-electron chi connectivity index (χ4n) is 2.48. The summed E-state index contributed by atoms with van der Waals surface area (Å²) in [5, 5.41) is 9.55. The van der Waals surface area contributed by atoms with Gasteiger partial charge in [0.15, 0.2) is 0 Å². The minimum Gasteiger partial charge on any atom is -0.481 e. The molecule has 108 valence electrons. The fraction of sp³-hybridized carbons (Fsp3) is 0.429. The monoisotopic (exact) mass is 296 g/mol. The molecule has 1 amide bonds. The van der Waals surface area contributed by atoms with E-state index in [2.05, 4.69) is 0 Å². The topological polar surface area (TPSA) is 83.6 Å². The maximum absolute atomic E-state index is 11.5. The molecule has 0 unspecified atom stereocenters. The number of hydrogen-bond donors (Lipinski definition) is 2. The van der Waals surface area contributed by atoms with Gasteiger partial charge in [-0.25, -0.2) is 0 Å². The Hall–Kier alpha value is -1.75. The van der Waals surface area contributed by atoms with E-state index in [9.17, 15) is 14.7 Å². The summed E-state index contributed by atoms with van der Waals surface area (Å²) in [6.45, 7) is 2.87. The Morgan fingerprint density at radius 1 is 1.35 bits per heavy atom. The van der Waals surface area contributed by atoms with E-state index in [0.29, 0.717) is 42.2 Å². The zero-order valence-corrected chi connectivity index (χ0v) is 12.0. The number of carboxylic acid groups (broad SMARTS) is 1. The Morgan fingerprint density at radius 3 is 2.45 bits per heavy atom. The lowest BCUT2D eigenvalue weighted by atomic mass is 9.80. The molecule has 20 heavy (non-hydrogen) atoms. The van der Waals surface area contributed by atoms with Gasteiger partial charge in [-0.15, -0.1) is 0 Å². The van der Waals surface area contributed by atoms with E-state index in [1.807, 2.05) is 4.90 Å². The summed E-state index contributed by atoms with van der Waals surface area (Å²) < 4.78 is 0. The molecule has 1 fully saturated rings. The van der Waals surface area contributed by atoms with Crippen molar-refractivity contribution in [3.05, 3.63) is 28.8 Å². The van der Waals surface area contributed by atoms with Crippen LogP contribution in [0, 0.1) is 5.41 Å². The Kier molecular flexibility index (Phi) is 3.90. The number of anilines is 1. The Balaban J connectivity index is 2.26. The van der Waals surface area contributed by atoms with Gasteiger partial charge in [0, 0.05) is 13.1 Å². The lowest BCUT2D eigenvalue weighted by Gasteiger charge is -2.38. The van der Waals surface area contributed by atoms with Crippen molar-refractivity contribution < 1.29 is 14.7 Å². The van der Waals surface area contributed by atoms with Crippen molar-refractivity contribution in [2.45, 2.75) is 19.8 Å². The van der Waals surface area contributed by atoms with E-state index >= 15 is 0 Å². The minimum absolute atomic E-state index is 0.299. The molecule has 6 heteroatoms. The standard InChI is InChI=1S/C14H17ClN2O3/c1-14(13(19)20)5-7-17(8-6-14)10-4-2-3-9(15)11(10)12(16)18/h2-4H,5-8H2,1H3,(H2,16,18)(H,19,20). The van der Waals surface area contributed by atoms with Crippen molar-refractivity contribution in [3.8, 4) is 0 Å². The molecule has 1 aliphatic rings. The molecule has 2 rings (SSSR count). The first kappa shape index (κ1) is 14.7. The van der Waals surface area contributed by atoms with Crippen LogP contribution in [-0.4, -0.2) is 30.1 Å². The SMILES string of the molecule is CC1(C(=O)O)CCN(c2cccc(Cl)c2C(N)=O)CC1. The molecule has 0 aromatic heterocycles. The van der Waals surface area contributed by atoms with E-state index < -0.39 is 17.3 Å².